The first-order chi connectivity index (χ1) is 6.74. The Morgan fingerprint density at radius 2 is 2.14 bits per heavy atom. The molecule has 0 heterocycles. The van der Waals surface area contributed by atoms with E-state index in [0.717, 1.165) is 19.3 Å². The number of unbranched alkanes of at least 4 members (excludes halogenated alkanes) is 2. The molecule has 1 atom stereocenters. The molecule has 0 fully saturated rings. The maximum absolute atomic E-state index is 11.0. The predicted octanol–water partition coefficient (Wildman–Crippen LogP) is 3.24. The lowest BCUT2D eigenvalue weighted by molar-refractivity contribution is -0.143. The molecular formula is C12H20O2. The third kappa shape index (κ3) is 6.46. The van der Waals surface area contributed by atoms with Crippen LogP contribution in [0.4, 0.5) is 0 Å². The van der Waals surface area contributed by atoms with Gasteiger partial charge in [0.15, 0.2) is 0 Å². The van der Waals surface area contributed by atoms with E-state index in [1.807, 2.05) is 0 Å². The third-order valence-corrected chi connectivity index (χ3v) is 2.01. The summed E-state index contributed by atoms with van der Waals surface area (Å²) in [6, 6.07) is 0. The summed E-state index contributed by atoms with van der Waals surface area (Å²) < 4.78 is 5.16. The van der Waals surface area contributed by atoms with Gasteiger partial charge in [-0.1, -0.05) is 32.4 Å². The number of esters is 1. The molecule has 1 unspecified atom stereocenters. The van der Waals surface area contributed by atoms with Crippen LogP contribution in [-0.4, -0.2) is 12.1 Å². The summed E-state index contributed by atoms with van der Waals surface area (Å²) in [5.74, 6) is -0.339. The first-order valence-corrected chi connectivity index (χ1v) is 5.18. The van der Waals surface area contributed by atoms with E-state index in [-0.39, 0.29) is 12.1 Å². The molecule has 0 aliphatic rings. The van der Waals surface area contributed by atoms with E-state index in [1.54, 1.807) is 6.08 Å². The number of rotatable bonds is 8. The van der Waals surface area contributed by atoms with Crippen molar-refractivity contribution in [1.29, 1.82) is 0 Å². The summed E-state index contributed by atoms with van der Waals surface area (Å²) in [4.78, 5) is 11.0. The molecule has 0 rings (SSSR count). The molecule has 0 bridgehead atoms. The van der Waals surface area contributed by atoms with Gasteiger partial charge in [0.05, 0.1) is 0 Å². The molecule has 0 saturated carbocycles. The second-order valence-corrected chi connectivity index (χ2v) is 3.28. The van der Waals surface area contributed by atoms with Crippen molar-refractivity contribution in [2.24, 2.45) is 0 Å². The lowest BCUT2D eigenvalue weighted by atomic mass is 10.1. The van der Waals surface area contributed by atoms with Crippen molar-refractivity contribution >= 4 is 5.97 Å². The minimum absolute atomic E-state index is 0.0236. The second-order valence-electron chi connectivity index (χ2n) is 3.28. The monoisotopic (exact) mass is 196 g/mol. The van der Waals surface area contributed by atoms with Gasteiger partial charge in [0.2, 0.25) is 0 Å². The van der Waals surface area contributed by atoms with E-state index in [4.69, 9.17) is 4.74 Å². The molecule has 14 heavy (non-hydrogen) atoms. The van der Waals surface area contributed by atoms with Crippen LogP contribution < -0.4 is 0 Å². The molecule has 0 aliphatic heterocycles. The van der Waals surface area contributed by atoms with Gasteiger partial charge in [-0.3, -0.25) is 0 Å². The van der Waals surface area contributed by atoms with Gasteiger partial charge >= 0.3 is 5.97 Å². The van der Waals surface area contributed by atoms with Gasteiger partial charge < -0.3 is 4.74 Å². The standard InChI is InChI=1S/C12H20O2/c1-4-7-8-10-11(9-5-2)14-12(13)6-3/h5-6,11H,2-4,7-10H2,1H3. The van der Waals surface area contributed by atoms with Crippen LogP contribution in [0.15, 0.2) is 25.3 Å². The van der Waals surface area contributed by atoms with Crippen LogP contribution in [0.2, 0.25) is 0 Å². The lowest BCUT2D eigenvalue weighted by Gasteiger charge is -2.14. The third-order valence-electron chi connectivity index (χ3n) is 2.01. The van der Waals surface area contributed by atoms with Crippen molar-refractivity contribution < 1.29 is 9.53 Å². The largest absolute Gasteiger partial charge is 0.459 e. The Bertz CT molecular complexity index is 185. The summed E-state index contributed by atoms with van der Waals surface area (Å²) in [7, 11) is 0. The Balaban J connectivity index is 3.81. The normalized spacial score (nSPS) is 11.8. The highest BCUT2D eigenvalue weighted by Gasteiger charge is 2.09. The highest BCUT2D eigenvalue weighted by Crippen LogP contribution is 2.11. The first kappa shape index (κ1) is 12.9. The number of carbonyl (C=O) groups excluding carboxylic acids is 1. The molecule has 0 amide bonds. The van der Waals surface area contributed by atoms with Gasteiger partial charge in [0.25, 0.3) is 0 Å². The van der Waals surface area contributed by atoms with Crippen molar-refractivity contribution in [3.05, 3.63) is 25.3 Å². The van der Waals surface area contributed by atoms with Crippen molar-refractivity contribution in [3.8, 4) is 0 Å². The molecule has 80 valence electrons. The Morgan fingerprint density at radius 1 is 1.43 bits per heavy atom. The molecule has 0 spiro atoms. The summed E-state index contributed by atoms with van der Waals surface area (Å²) >= 11 is 0. The van der Waals surface area contributed by atoms with Crippen LogP contribution in [0, 0.1) is 0 Å². The fourth-order valence-corrected chi connectivity index (χ4v) is 1.25. The van der Waals surface area contributed by atoms with E-state index in [0.29, 0.717) is 0 Å². The van der Waals surface area contributed by atoms with Crippen LogP contribution in [0.25, 0.3) is 0 Å². The highest BCUT2D eigenvalue weighted by molar-refractivity contribution is 5.81. The first-order valence-electron chi connectivity index (χ1n) is 5.18. The molecule has 0 aromatic rings. The number of ether oxygens (including phenoxy) is 1. The average Bonchev–Trinajstić information content (AvgIpc) is 2.18. The van der Waals surface area contributed by atoms with Crippen LogP contribution >= 0.6 is 0 Å². The fraction of sp³-hybridized carbons (Fsp3) is 0.583. The maximum atomic E-state index is 11.0. The van der Waals surface area contributed by atoms with Crippen molar-refractivity contribution in [3.63, 3.8) is 0 Å². The van der Waals surface area contributed by atoms with Crippen LogP contribution in [0.1, 0.15) is 39.0 Å². The van der Waals surface area contributed by atoms with E-state index >= 15 is 0 Å². The summed E-state index contributed by atoms with van der Waals surface area (Å²) in [6.45, 7) is 9.17. The van der Waals surface area contributed by atoms with E-state index in [1.165, 1.54) is 18.9 Å². The molecule has 0 radical (unpaired) electrons. The Morgan fingerprint density at radius 3 is 2.64 bits per heavy atom. The van der Waals surface area contributed by atoms with Gasteiger partial charge in [-0.25, -0.2) is 4.79 Å². The molecular weight excluding hydrogens is 176 g/mol. The quantitative estimate of drug-likeness (QED) is 0.258. The topological polar surface area (TPSA) is 26.3 Å². The minimum Gasteiger partial charge on any atom is -0.459 e. The van der Waals surface area contributed by atoms with Gasteiger partial charge in [-0.15, -0.1) is 6.58 Å². The predicted molar refractivity (Wildman–Crippen MR) is 59.0 cm³/mol. The van der Waals surface area contributed by atoms with Gasteiger partial charge in [-0.2, -0.15) is 0 Å². The summed E-state index contributed by atoms with van der Waals surface area (Å²) in [5.41, 5.74) is 0. The van der Waals surface area contributed by atoms with Crippen molar-refractivity contribution in [1.82, 2.24) is 0 Å². The van der Waals surface area contributed by atoms with Crippen LogP contribution in [-0.2, 0) is 9.53 Å². The van der Waals surface area contributed by atoms with E-state index < -0.39 is 0 Å². The molecule has 0 aromatic carbocycles. The number of hydrogen-bond donors (Lipinski definition) is 0. The molecule has 0 aliphatic carbocycles. The summed E-state index contributed by atoms with van der Waals surface area (Å²) in [6.07, 6.45) is 8.06. The highest BCUT2D eigenvalue weighted by atomic mass is 16.5. The second kappa shape index (κ2) is 8.54. The fourth-order valence-electron chi connectivity index (χ4n) is 1.25. The molecule has 0 saturated heterocycles. The number of hydrogen-bond acceptors (Lipinski definition) is 2. The smallest absolute Gasteiger partial charge is 0.330 e. The maximum Gasteiger partial charge on any atom is 0.330 e. The Kier molecular flexibility index (Phi) is 7.90. The Hall–Kier alpha value is -1.05. The van der Waals surface area contributed by atoms with E-state index in [2.05, 4.69) is 20.1 Å². The molecule has 2 heteroatoms. The molecule has 2 nitrogen and oxygen atoms in total. The van der Waals surface area contributed by atoms with Crippen molar-refractivity contribution in [2.75, 3.05) is 0 Å². The zero-order chi connectivity index (χ0) is 10.8. The van der Waals surface area contributed by atoms with Crippen LogP contribution in [0.3, 0.4) is 0 Å². The minimum atomic E-state index is -0.339. The molecule has 0 aromatic heterocycles. The van der Waals surface area contributed by atoms with Gasteiger partial charge in [0, 0.05) is 12.5 Å². The van der Waals surface area contributed by atoms with E-state index in [9.17, 15) is 4.79 Å². The zero-order valence-electron chi connectivity index (χ0n) is 9.00. The van der Waals surface area contributed by atoms with Gasteiger partial charge in [0.1, 0.15) is 6.10 Å². The van der Waals surface area contributed by atoms with Crippen LogP contribution in [0.5, 0.6) is 0 Å². The van der Waals surface area contributed by atoms with Crippen molar-refractivity contribution in [2.45, 2.75) is 45.1 Å². The van der Waals surface area contributed by atoms with Gasteiger partial charge in [-0.05, 0) is 12.8 Å². The summed E-state index contributed by atoms with van der Waals surface area (Å²) in [5, 5.41) is 0. The zero-order valence-corrected chi connectivity index (χ0v) is 9.00. The SMILES string of the molecule is C=CCC(CCCCC)OC(=O)C=C. The average molecular weight is 196 g/mol. The number of carbonyl (C=O) groups is 1. The Labute approximate surface area is 86.6 Å². The lowest BCUT2D eigenvalue weighted by Crippen LogP contribution is -2.15. The molecule has 0 N–H and O–H groups in total.